The van der Waals surface area contributed by atoms with Crippen LogP contribution in [0.4, 0.5) is 5.69 Å². The summed E-state index contributed by atoms with van der Waals surface area (Å²) in [6.45, 7) is 0.0373. The number of carbonyl (C=O) groups excluding carboxylic acids is 2. The number of nitrogens with zero attached hydrogens (tertiary/aromatic N) is 2. The second-order valence-electron chi connectivity index (χ2n) is 5.98. The molecule has 0 saturated carbocycles. The Kier molecular flexibility index (Phi) is 4.26. The molecule has 0 atom stereocenters. The molecule has 130 valence electrons. The van der Waals surface area contributed by atoms with Gasteiger partial charge in [-0.05, 0) is 35.2 Å². The van der Waals surface area contributed by atoms with E-state index in [2.05, 4.69) is 4.98 Å². The molecule has 0 unspecified atom stereocenters. The van der Waals surface area contributed by atoms with Gasteiger partial charge in [-0.25, -0.2) is 0 Å². The molecule has 1 aromatic carbocycles. The van der Waals surface area contributed by atoms with Crippen molar-refractivity contribution in [3.05, 3.63) is 64.6 Å². The number of amides is 1. The number of pyridine rings is 1. The molecule has 0 fully saturated rings. The van der Waals surface area contributed by atoms with Crippen molar-refractivity contribution in [2.45, 2.75) is 6.42 Å². The van der Waals surface area contributed by atoms with Gasteiger partial charge in [-0.15, -0.1) is 11.3 Å². The quantitative estimate of drug-likeness (QED) is 0.649. The van der Waals surface area contributed by atoms with Crippen molar-refractivity contribution in [2.24, 2.45) is 0 Å². The lowest BCUT2D eigenvalue weighted by Gasteiger charge is -2.16. The van der Waals surface area contributed by atoms with E-state index in [0.29, 0.717) is 16.3 Å². The Bertz CT molecular complexity index is 982. The molecule has 3 heterocycles. The van der Waals surface area contributed by atoms with E-state index in [-0.39, 0.29) is 24.7 Å². The van der Waals surface area contributed by atoms with Crippen LogP contribution in [0.3, 0.4) is 0 Å². The van der Waals surface area contributed by atoms with E-state index in [0.717, 1.165) is 16.9 Å². The van der Waals surface area contributed by atoms with Crippen molar-refractivity contribution < 1.29 is 14.3 Å². The number of benzene rings is 1. The molecule has 2 aromatic heterocycles. The molecule has 1 aliphatic heterocycles. The van der Waals surface area contributed by atoms with E-state index in [9.17, 15) is 9.59 Å². The number of thiophene rings is 1. The maximum absolute atomic E-state index is 12.4. The highest BCUT2D eigenvalue weighted by Gasteiger charge is 2.30. The van der Waals surface area contributed by atoms with Crippen LogP contribution >= 0.6 is 11.3 Å². The second kappa shape index (κ2) is 6.72. The number of rotatable bonds is 5. The second-order valence-corrected chi connectivity index (χ2v) is 6.93. The van der Waals surface area contributed by atoms with Crippen LogP contribution in [-0.2, 0) is 11.2 Å². The largest absolute Gasteiger partial charge is 0.497 e. The zero-order valence-corrected chi connectivity index (χ0v) is 15.0. The van der Waals surface area contributed by atoms with Gasteiger partial charge < -0.3 is 9.64 Å². The van der Waals surface area contributed by atoms with E-state index in [1.807, 2.05) is 41.8 Å². The summed E-state index contributed by atoms with van der Waals surface area (Å²) in [5, 5.41) is 1.86. The van der Waals surface area contributed by atoms with Gasteiger partial charge in [-0.2, -0.15) is 0 Å². The zero-order chi connectivity index (χ0) is 18.1. The Labute approximate surface area is 154 Å². The first-order valence-electron chi connectivity index (χ1n) is 8.16. The van der Waals surface area contributed by atoms with Crippen LogP contribution in [0, 0.1) is 0 Å². The topological polar surface area (TPSA) is 59.5 Å². The van der Waals surface area contributed by atoms with E-state index in [4.69, 9.17) is 4.74 Å². The molecule has 6 heteroatoms. The van der Waals surface area contributed by atoms with Gasteiger partial charge in [0.15, 0.2) is 5.78 Å². The Morgan fingerprint density at radius 3 is 2.88 bits per heavy atom. The van der Waals surface area contributed by atoms with Crippen LogP contribution < -0.4 is 9.64 Å². The lowest BCUT2D eigenvalue weighted by molar-refractivity contribution is -0.117. The number of ketones is 1. The van der Waals surface area contributed by atoms with Gasteiger partial charge in [0.25, 0.3) is 0 Å². The SMILES string of the molecule is COc1cccc(-c2cnc3c(c2)N(CC(=O)c2cccs2)C(=O)C3)c1. The van der Waals surface area contributed by atoms with Gasteiger partial charge in [-0.1, -0.05) is 18.2 Å². The highest BCUT2D eigenvalue weighted by molar-refractivity contribution is 7.12. The fraction of sp³-hybridized carbons (Fsp3) is 0.150. The third kappa shape index (κ3) is 2.99. The van der Waals surface area contributed by atoms with Crippen molar-refractivity contribution >= 4 is 28.7 Å². The minimum Gasteiger partial charge on any atom is -0.497 e. The molecule has 4 rings (SSSR count). The first kappa shape index (κ1) is 16.5. The number of ether oxygens (including phenoxy) is 1. The fourth-order valence-corrected chi connectivity index (χ4v) is 3.67. The van der Waals surface area contributed by atoms with Gasteiger partial charge in [0.05, 0.1) is 36.3 Å². The zero-order valence-electron chi connectivity index (χ0n) is 14.1. The molecule has 0 N–H and O–H groups in total. The lowest BCUT2D eigenvalue weighted by Crippen LogP contribution is -2.32. The van der Waals surface area contributed by atoms with Crippen LogP contribution in [0.25, 0.3) is 11.1 Å². The summed E-state index contributed by atoms with van der Waals surface area (Å²) >= 11 is 1.38. The summed E-state index contributed by atoms with van der Waals surface area (Å²) in [7, 11) is 1.62. The van der Waals surface area contributed by atoms with E-state index >= 15 is 0 Å². The first-order valence-corrected chi connectivity index (χ1v) is 9.04. The molecule has 0 radical (unpaired) electrons. The van der Waals surface area contributed by atoms with E-state index < -0.39 is 0 Å². The van der Waals surface area contributed by atoms with Crippen molar-refractivity contribution in [3.8, 4) is 16.9 Å². The van der Waals surface area contributed by atoms with Crippen LogP contribution in [0.2, 0.25) is 0 Å². The monoisotopic (exact) mass is 364 g/mol. The number of carbonyl (C=O) groups is 2. The number of anilines is 1. The Hall–Kier alpha value is -2.99. The standard InChI is InChI=1S/C20H16N2O3S/c1-25-15-5-2-4-13(8-15)14-9-17-16(21-11-14)10-20(24)22(17)12-18(23)19-6-3-7-26-19/h2-9,11H,10,12H2,1H3. The van der Waals surface area contributed by atoms with Crippen molar-refractivity contribution in [1.29, 1.82) is 0 Å². The maximum atomic E-state index is 12.4. The summed E-state index contributed by atoms with van der Waals surface area (Å²) in [5.74, 6) is 0.594. The molecule has 1 amide bonds. The third-order valence-corrected chi connectivity index (χ3v) is 5.27. The molecule has 3 aromatic rings. The van der Waals surface area contributed by atoms with Crippen LogP contribution in [0.5, 0.6) is 5.75 Å². The number of fused-ring (bicyclic) bond motifs is 1. The van der Waals surface area contributed by atoms with Gasteiger partial charge in [0, 0.05) is 11.8 Å². The van der Waals surface area contributed by atoms with Gasteiger partial charge >= 0.3 is 0 Å². The van der Waals surface area contributed by atoms with E-state index in [1.54, 1.807) is 19.4 Å². The van der Waals surface area contributed by atoms with Crippen molar-refractivity contribution in [1.82, 2.24) is 4.98 Å². The molecule has 5 nitrogen and oxygen atoms in total. The number of methoxy groups -OCH3 is 1. The first-order chi connectivity index (χ1) is 12.7. The van der Waals surface area contributed by atoms with Gasteiger partial charge in [0.2, 0.25) is 5.91 Å². The summed E-state index contributed by atoms with van der Waals surface area (Å²) in [4.78, 5) is 31.5. The molecular weight excluding hydrogens is 348 g/mol. The van der Waals surface area contributed by atoms with Crippen LogP contribution in [-0.4, -0.2) is 30.3 Å². The molecule has 0 saturated heterocycles. The smallest absolute Gasteiger partial charge is 0.233 e. The summed E-state index contributed by atoms with van der Waals surface area (Å²) in [6, 6.07) is 13.2. The molecule has 26 heavy (non-hydrogen) atoms. The summed E-state index contributed by atoms with van der Waals surface area (Å²) < 4.78 is 5.27. The molecule has 0 spiro atoms. The predicted octanol–water partition coefficient (Wildman–Crippen LogP) is 3.59. The molecule has 0 aliphatic carbocycles. The molecular formula is C20H16N2O3S. The Morgan fingerprint density at radius 2 is 2.12 bits per heavy atom. The highest BCUT2D eigenvalue weighted by Crippen LogP contribution is 2.33. The number of hydrogen-bond donors (Lipinski definition) is 0. The summed E-state index contributed by atoms with van der Waals surface area (Å²) in [6.07, 6.45) is 1.98. The van der Waals surface area contributed by atoms with Crippen molar-refractivity contribution in [3.63, 3.8) is 0 Å². The van der Waals surface area contributed by atoms with Crippen LogP contribution in [0.1, 0.15) is 15.4 Å². The lowest BCUT2D eigenvalue weighted by atomic mass is 10.1. The number of aromatic nitrogens is 1. The highest BCUT2D eigenvalue weighted by atomic mass is 32.1. The number of hydrogen-bond acceptors (Lipinski definition) is 5. The average Bonchev–Trinajstić information content (AvgIpc) is 3.30. The maximum Gasteiger partial charge on any atom is 0.233 e. The molecule has 0 bridgehead atoms. The third-order valence-electron chi connectivity index (χ3n) is 4.36. The van der Waals surface area contributed by atoms with Crippen LogP contribution in [0.15, 0.2) is 54.0 Å². The van der Waals surface area contributed by atoms with Crippen molar-refractivity contribution in [2.75, 3.05) is 18.6 Å². The van der Waals surface area contributed by atoms with Gasteiger partial charge in [-0.3, -0.25) is 14.6 Å². The normalized spacial score (nSPS) is 13.0. The number of Topliss-reactive ketones (excluding diaryl/α,β-unsaturated/α-hetero) is 1. The molecule has 1 aliphatic rings. The fourth-order valence-electron chi connectivity index (χ4n) is 3.02. The minimum absolute atomic E-state index is 0.0373. The minimum atomic E-state index is -0.0970. The van der Waals surface area contributed by atoms with Gasteiger partial charge in [0.1, 0.15) is 5.75 Å². The summed E-state index contributed by atoms with van der Waals surface area (Å²) in [5.41, 5.74) is 3.25. The predicted molar refractivity (Wildman–Crippen MR) is 101 cm³/mol. The van der Waals surface area contributed by atoms with E-state index in [1.165, 1.54) is 16.2 Å². The average molecular weight is 364 g/mol. The Morgan fingerprint density at radius 1 is 1.23 bits per heavy atom. The Balaban J connectivity index is 1.67.